The summed E-state index contributed by atoms with van der Waals surface area (Å²) in [6.07, 6.45) is 0. The molecule has 3 N–H and O–H groups in total. The second-order valence-corrected chi connectivity index (χ2v) is 3.84. The summed E-state index contributed by atoms with van der Waals surface area (Å²) >= 11 is 6.05. The Morgan fingerprint density at radius 3 is 2.38 bits per heavy atom. The molecular formula is C11H16ClNO3. The zero-order valence-electron chi connectivity index (χ0n) is 9.58. The lowest BCUT2D eigenvalue weighted by Crippen LogP contribution is -2.16. The van der Waals surface area contributed by atoms with Crippen molar-refractivity contribution < 1.29 is 14.6 Å². The molecule has 90 valence electrons. The van der Waals surface area contributed by atoms with Crippen LogP contribution in [0.4, 0.5) is 0 Å². The average Bonchev–Trinajstić information content (AvgIpc) is 2.28. The molecule has 1 unspecified atom stereocenters. The lowest BCUT2D eigenvalue weighted by Gasteiger charge is -2.18. The van der Waals surface area contributed by atoms with Gasteiger partial charge in [-0.3, -0.25) is 0 Å². The number of benzene rings is 1. The minimum Gasteiger partial charge on any atom is -0.496 e. The van der Waals surface area contributed by atoms with Crippen LogP contribution in [0.5, 0.6) is 11.5 Å². The summed E-state index contributed by atoms with van der Waals surface area (Å²) in [6, 6.07) is 1.14. The molecule has 0 aromatic heterocycles. The van der Waals surface area contributed by atoms with Crippen molar-refractivity contribution >= 4 is 11.6 Å². The zero-order valence-corrected chi connectivity index (χ0v) is 10.3. The van der Waals surface area contributed by atoms with Crippen molar-refractivity contribution in [2.45, 2.75) is 13.0 Å². The molecule has 0 saturated heterocycles. The lowest BCUT2D eigenvalue weighted by atomic mass is 10.0. The molecule has 0 aliphatic rings. The van der Waals surface area contributed by atoms with Crippen molar-refractivity contribution in [1.29, 1.82) is 0 Å². The molecule has 5 heteroatoms. The summed E-state index contributed by atoms with van der Waals surface area (Å²) in [7, 11) is 3.09. The van der Waals surface area contributed by atoms with Crippen LogP contribution in [0.2, 0.25) is 5.02 Å². The van der Waals surface area contributed by atoms with Crippen molar-refractivity contribution in [3.8, 4) is 11.5 Å². The van der Waals surface area contributed by atoms with Crippen molar-refractivity contribution in [2.24, 2.45) is 5.73 Å². The molecule has 0 saturated carbocycles. The van der Waals surface area contributed by atoms with Crippen LogP contribution < -0.4 is 15.2 Å². The maximum atomic E-state index is 9.06. The molecule has 0 heterocycles. The Hall–Kier alpha value is -0.970. The third kappa shape index (κ3) is 2.24. The predicted octanol–water partition coefficient (Wildman–Crippen LogP) is 1.66. The van der Waals surface area contributed by atoms with E-state index in [4.69, 9.17) is 31.9 Å². The van der Waals surface area contributed by atoms with Gasteiger partial charge in [-0.05, 0) is 13.0 Å². The van der Waals surface area contributed by atoms with E-state index < -0.39 is 6.04 Å². The fourth-order valence-corrected chi connectivity index (χ4v) is 2.00. The Kier molecular flexibility index (Phi) is 4.41. The number of methoxy groups -OCH3 is 2. The van der Waals surface area contributed by atoms with E-state index >= 15 is 0 Å². The normalized spacial score (nSPS) is 12.4. The fourth-order valence-electron chi connectivity index (χ4n) is 1.66. The molecule has 4 nitrogen and oxygen atoms in total. The van der Waals surface area contributed by atoms with Gasteiger partial charge in [0.05, 0.1) is 31.9 Å². The largest absolute Gasteiger partial charge is 0.496 e. The van der Waals surface area contributed by atoms with Crippen LogP contribution in [0, 0.1) is 6.92 Å². The Morgan fingerprint density at radius 1 is 1.38 bits per heavy atom. The minimum atomic E-state index is -0.517. The van der Waals surface area contributed by atoms with E-state index in [9.17, 15) is 0 Å². The first kappa shape index (κ1) is 13.1. The van der Waals surface area contributed by atoms with Gasteiger partial charge in [-0.1, -0.05) is 11.6 Å². The molecule has 1 aromatic rings. The van der Waals surface area contributed by atoms with Crippen molar-refractivity contribution in [1.82, 2.24) is 0 Å². The van der Waals surface area contributed by atoms with Crippen LogP contribution in [-0.2, 0) is 0 Å². The van der Waals surface area contributed by atoms with Gasteiger partial charge in [0.1, 0.15) is 11.5 Å². The summed E-state index contributed by atoms with van der Waals surface area (Å²) in [5.74, 6) is 1.16. The van der Waals surface area contributed by atoms with Crippen LogP contribution in [0.25, 0.3) is 0 Å². The molecule has 1 aromatic carbocycles. The van der Waals surface area contributed by atoms with Crippen molar-refractivity contribution in [3.05, 3.63) is 22.2 Å². The van der Waals surface area contributed by atoms with Gasteiger partial charge < -0.3 is 20.3 Å². The molecule has 0 aliphatic carbocycles. The Morgan fingerprint density at radius 2 is 1.94 bits per heavy atom. The standard InChI is InChI=1S/C11H16ClNO3/c1-6-10(15-2)7(9(13)5-14)4-8(12)11(6)16-3/h4,9,14H,5,13H2,1-3H3. The topological polar surface area (TPSA) is 64.7 Å². The summed E-state index contributed by atoms with van der Waals surface area (Å²) in [6.45, 7) is 1.66. The van der Waals surface area contributed by atoms with E-state index in [-0.39, 0.29) is 6.61 Å². The summed E-state index contributed by atoms with van der Waals surface area (Å²) in [5, 5.41) is 9.52. The number of aliphatic hydroxyl groups is 1. The molecular weight excluding hydrogens is 230 g/mol. The number of rotatable bonds is 4. The monoisotopic (exact) mass is 245 g/mol. The summed E-state index contributed by atoms with van der Waals surface area (Å²) < 4.78 is 10.4. The van der Waals surface area contributed by atoms with E-state index in [2.05, 4.69) is 0 Å². The first-order valence-electron chi connectivity index (χ1n) is 4.84. The smallest absolute Gasteiger partial charge is 0.144 e. The first-order valence-corrected chi connectivity index (χ1v) is 5.22. The second-order valence-electron chi connectivity index (χ2n) is 3.43. The fraction of sp³-hybridized carbons (Fsp3) is 0.455. The van der Waals surface area contributed by atoms with E-state index in [0.29, 0.717) is 22.1 Å². The Bertz CT molecular complexity index is 382. The zero-order chi connectivity index (χ0) is 12.3. The van der Waals surface area contributed by atoms with Crippen molar-refractivity contribution in [2.75, 3.05) is 20.8 Å². The quantitative estimate of drug-likeness (QED) is 0.847. The molecule has 0 aliphatic heterocycles. The van der Waals surface area contributed by atoms with Crippen LogP contribution >= 0.6 is 11.6 Å². The van der Waals surface area contributed by atoms with Gasteiger partial charge in [0.25, 0.3) is 0 Å². The maximum absolute atomic E-state index is 9.06. The highest BCUT2D eigenvalue weighted by Crippen LogP contribution is 2.39. The van der Waals surface area contributed by atoms with Gasteiger partial charge in [0, 0.05) is 11.1 Å². The highest BCUT2D eigenvalue weighted by atomic mass is 35.5. The number of halogens is 1. The molecule has 1 rings (SSSR count). The lowest BCUT2D eigenvalue weighted by molar-refractivity contribution is 0.264. The third-order valence-electron chi connectivity index (χ3n) is 2.45. The second kappa shape index (κ2) is 5.39. The Balaban J connectivity index is 3.40. The van der Waals surface area contributed by atoms with E-state index in [0.717, 1.165) is 5.56 Å². The highest BCUT2D eigenvalue weighted by Gasteiger charge is 2.19. The number of hydrogen-bond donors (Lipinski definition) is 2. The van der Waals surface area contributed by atoms with Gasteiger partial charge in [0.2, 0.25) is 0 Å². The first-order chi connectivity index (χ1) is 7.56. The molecule has 0 amide bonds. The molecule has 0 radical (unpaired) electrons. The molecule has 16 heavy (non-hydrogen) atoms. The number of hydrogen-bond acceptors (Lipinski definition) is 4. The number of ether oxygens (including phenoxy) is 2. The van der Waals surface area contributed by atoms with Gasteiger partial charge in [-0.15, -0.1) is 0 Å². The molecule has 0 spiro atoms. The van der Waals surface area contributed by atoms with E-state index in [1.165, 1.54) is 0 Å². The predicted molar refractivity (Wildman–Crippen MR) is 63.3 cm³/mol. The van der Waals surface area contributed by atoms with E-state index in [1.54, 1.807) is 20.3 Å². The maximum Gasteiger partial charge on any atom is 0.144 e. The van der Waals surface area contributed by atoms with Gasteiger partial charge in [-0.25, -0.2) is 0 Å². The third-order valence-corrected chi connectivity index (χ3v) is 2.73. The van der Waals surface area contributed by atoms with Gasteiger partial charge in [0.15, 0.2) is 0 Å². The SMILES string of the molecule is COc1c(Cl)cc(C(N)CO)c(OC)c1C. The number of aliphatic hydroxyl groups excluding tert-OH is 1. The molecule has 0 bridgehead atoms. The summed E-state index contributed by atoms with van der Waals surface area (Å²) in [4.78, 5) is 0. The Labute approximate surface area is 99.9 Å². The average molecular weight is 246 g/mol. The summed E-state index contributed by atoms with van der Waals surface area (Å²) in [5.41, 5.74) is 7.22. The van der Waals surface area contributed by atoms with E-state index in [1.807, 2.05) is 6.92 Å². The van der Waals surface area contributed by atoms with Gasteiger partial charge in [-0.2, -0.15) is 0 Å². The van der Waals surface area contributed by atoms with Crippen LogP contribution in [0.3, 0.4) is 0 Å². The van der Waals surface area contributed by atoms with Crippen LogP contribution in [0.15, 0.2) is 6.07 Å². The van der Waals surface area contributed by atoms with Crippen LogP contribution in [0.1, 0.15) is 17.2 Å². The molecule has 1 atom stereocenters. The van der Waals surface area contributed by atoms with Crippen molar-refractivity contribution in [3.63, 3.8) is 0 Å². The van der Waals surface area contributed by atoms with Gasteiger partial charge >= 0.3 is 0 Å². The number of nitrogens with two attached hydrogens (primary N) is 1. The highest BCUT2D eigenvalue weighted by molar-refractivity contribution is 6.32. The minimum absolute atomic E-state index is 0.168. The van der Waals surface area contributed by atoms with Crippen LogP contribution in [-0.4, -0.2) is 25.9 Å². The molecule has 0 fully saturated rings.